The highest BCUT2D eigenvalue weighted by molar-refractivity contribution is 6.07. The molecular formula is C17H20FNO. The Bertz CT molecular complexity index is 676. The van der Waals surface area contributed by atoms with Crippen molar-refractivity contribution >= 4 is 16.7 Å². The molecule has 106 valence electrons. The number of carbonyl (C=O) groups is 1. The summed E-state index contributed by atoms with van der Waals surface area (Å²) in [6.07, 6.45) is 2.90. The van der Waals surface area contributed by atoms with Gasteiger partial charge in [0.15, 0.2) is 5.78 Å². The van der Waals surface area contributed by atoms with Gasteiger partial charge < -0.3 is 0 Å². The van der Waals surface area contributed by atoms with E-state index in [9.17, 15) is 9.18 Å². The van der Waals surface area contributed by atoms with Gasteiger partial charge in [0.1, 0.15) is 11.3 Å². The van der Waals surface area contributed by atoms with Crippen LogP contribution in [0.3, 0.4) is 0 Å². The van der Waals surface area contributed by atoms with Crippen molar-refractivity contribution in [2.75, 3.05) is 0 Å². The number of ketones is 1. The SMILES string of the molecule is CCCCc1cc(F)c2nc(C)c(C)c(C(C)=O)c2c1. The molecule has 0 aliphatic rings. The number of unbranched alkanes of at least 4 members (excludes halogenated alkanes) is 1. The van der Waals surface area contributed by atoms with Crippen molar-refractivity contribution in [1.29, 1.82) is 0 Å². The molecule has 1 aromatic heterocycles. The number of aromatic nitrogens is 1. The zero-order valence-electron chi connectivity index (χ0n) is 12.5. The number of pyridine rings is 1. The molecule has 3 heteroatoms. The molecule has 0 unspecified atom stereocenters. The Kier molecular flexibility index (Phi) is 4.17. The van der Waals surface area contributed by atoms with Gasteiger partial charge in [-0.25, -0.2) is 9.37 Å². The minimum absolute atomic E-state index is 0.0370. The normalized spacial score (nSPS) is 11.1. The van der Waals surface area contributed by atoms with Crippen LogP contribution in [-0.4, -0.2) is 10.8 Å². The molecule has 0 saturated carbocycles. The summed E-state index contributed by atoms with van der Waals surface area (Å²) >= 11 is 0. The average Bonchev–Trinajstić information content (AvgIpc) is 2.38. The van der Waals surface area contributed by atoms with Gasteiger partial charge in [0, 0.05) is 16.6 Å². The first kappa shape index (κ1) is 14.6. The van der Waals surface area contributed by atoms with Gasteiger partial charge in [-0.3, -0.25) is 4.79 Å². The number of carbonyl (C=O) groups excluding carboxylic acids is 1. The summed E-state index contributed by atoms with van der Waals surface area (Å²) in [5.74, 6) is -0.371. The second kappa shape index (κ2) is 5.70. The maximum atomic E-state index is 14.3. The number of aryl methyl sites for hydroxylation is 2. The zero-order valence-corrected chi connectivity index (χ0v) is 12.5. The van der Waals surface area contributed by atoms with Crippen LogP contribution in [0.15, 0.2) is 12.1 Å². The minimum Gasteiger partial charge on any atom is -0.294 e. The summed E-state index contributed by atoms with van der Waals surface area (Å²) in [7, 11) is 0. The van der Waals surface area contributed by atoms with Gasteiger partial charge in [-0.15, -0.1) is 0 Å². The fourth-order valence-corrected chi connectivity index (χ4v) is 2.57. The van der Waals surface area contributed by atoms with Crippen LogP contribution in [0, 0.1) is 19.7 Å². The van der Waals surface area contributed by atoms with Gasteiger partial charge in [0.25, 0.3) is 0 Å². The molecule has 20 heavy (non-hydrogen) atoms. The third kappa shape index (κ3) is 2.58. The van der Waals surface area contributed by atoms with Gasteiger partial charge in [-0.1, -0.05) is 13.3 Å². The number of hydrogen-bond acceptors (Lipinski definition) is 2. The lowest BCUT2D eigenvalue weighted by atomic mass is 9.96. The summed E-state index contributed by atoms with van der Waals surface area (Å²) in [4.78, 5) is 16.2. The number of nitrogens with zero attached hydrogens (tertiary/aromatic N) is 1. The first-order chi connectivity index (χ1) is 9.45. The Morgan fingerprint density at radius 3 is 2.60 bits per heavy atom. The van der Waals surface area contributed by atoms with E-state index < -0.39 is 0 Å². The van der Waals surface area contributed by atoms with Crippen LogP contribution in [0.4, 0.5) is 4.39 Å². The van der Waals surface area contributed by atoms with E-state index in [0.29, 0.717) is 22.2 Å². The smallest absolute Gasteiger partial charge is 0.160 e. The molecule has 0 saturated heterocycles. The van der Waals surface area contributed by atoms with Crippen LogP contribution >= 0.6 is 0 Å². The highest BCUT2D eigenvalue weighted by Crippen LogP contribution is 2.27. The molecule has 0 amide bonds. The van der Waals surface area contributed by atoms with Crippen molar-refractivity contribution < 1.29 is 9.18 Å². The van der Waals surface area contributed by atoms with E-state index in [2.05, 4.69) is 11.9 Å². The Hall–Kier alpha value is -1.77. The van der Waals surface area contributed by atoms with Crippen LogP contribution in [0.25, 0.3) is 10.9 Å². The van der Waals surface area contributed by atoms with Crippen molar-refractivity contribution in [1.82, 2.24) is 4.98 Å². The second-order valence-corrected chi connectivity index (χ2v) is 5.33. The Morgan fingerprint density at radius 2 is 2.00 bits per heavy atom. The quantitative estimate of drug-likeness (QED) is 0.766. The van der Waals surface area contributed by atoms with E-state index in [1.54, 1.807) is 6.07 Å². The molecule has 0 fully saturated rings. The van der Waals surface area contributed by atoms with Crippen LogP contribution in [0.1, 0.15) is 53.9 Å². The number of fused-ring (bicyclic) bond motifs is 1. The van der Waals surface area contributed by atoms with Crippen LogP contribution in [0.2, 0.25) is 0 Å². The monoisotopic (exact) mass is 273 g/mol. The lowest BCUT2D eigenvalue weighted by molar-refractivity contribution is 0.101. The van der Waals surface area contributed by atoms with E-state index in [1.807, 2.05) is 19.9 Å². The van der Waals surface area contributed by atoms with Gasteiger partial charge >= 0.3 is 0 Å². The Labute approximate surface area is 119 Å². The summed E-state index contributed by atoms with van der Waals surface area (Å²) in [5, 5.41) is 0.645. The first-order valence-corrected chi connectivity index (χ1v) is 7.06. The molecule has 2 rings (SSSR count). The average molecular weight is 273 g/mol. The van der Waals surface area contributed by atoms with Gasteiger partial charge in [-0.05, 0) is 56.9 Å². The van der Waals surface area contributed by atoms with Crippen molar-refractivity contribution in [2.24, 2.45) is 0 Å². The number of hydrogen-bond donors (Lipinski definition) is 0. The summed E-state index contributed by atoms with van der Waals surface area (Å²) in [6.45, 7) is 7.31. The molecule has 0 spiro atoms. The largest absolute Gasteiger partial charge is 0.294 e. The molecule has 0 aliphatic heterocycles. The molecule has 0 radical (unpaired) electrons. The highest BCUT2D eigenvalue weighted by Gasteiger charge is 2.16. The maximum Gasteiger partial charge on any atom is 0.160 e. The molecule has 0 N–H and O–H groups in total. The summed E-state index contributed by atoms with van der Waals surface area (Å²) < 4.78 is 14.3. The standard InChI is InChI=1S/C17H20FNO/c1-5-6-7-13-8-14-16(12(4)20)10(2)11(3)19-17(14)15(18)9-13/h8-9H,5-7H2,1-4H3. The number of Topliss-reactive ketones (excluding diaryl/α,β-unsaturated/α-hetero) is 1. The highest BCUT2D eigenvalue weighted by atomic mass is 19.1. The zero-order chi connectivity index (χ0) is 14.9. The van der Waals surface area contributed by atoms with Gasteiger partial charge in [0.2, 0.25) is 0 Å². The van der Waals surface area contributed by atoms with Crippen molar-refractivity contribution in [2.45, 2.75) is 47.0 Å². The van der Waals surface area contributed by atoms with E-state index in [1.165, 1.54) is 6.92 Å². The fourth-order valence-electron chi connectivity index (χ4n) is 2.57. The summed E-state index contributed by atoms with van der Waals surface area (Å²) in [5.41, 5.74) is 3.40. The van der Waals surface area contributed by atoms with Crippen molar-refractivity contribution in [3.05, 3.63) is 40.3 Å². The molecule has 0 atom stereocenters. The third-order valence-corrected chi connectivity index (χ3v) is 3.76. The van der Waals surface area contributed by atoms with Crippen molar-refractivity contribution in [3.63, 3.8) is 0 Å². The Morgan fingerprint density at radius 1 is 1.30 bits per heavy atom. The molecular weight excluding hydrogens is 253 g/mol. The number of rotatable bonds is 4. The maximum absolute atomic E-state index is 14.3. The predicted molar refractivity (Wildman–Crippen MR) is 79.8 cm³/mol. The fraction of sp³-hybridized carbons (Fsp3) is 0.412. The van der Waals surface area contributed by atoms with Crippen LogP contribution in [-0.2, 0) is 6.42 Å². The lowest BCUT2D eigenvalue weighted by Gasteiger charge is -2.12. The lowest BCUT2D eigenvalue weighted by Crippen LogP contribution is -2.04. The van der Waals surface area contributed by atoms with E-state index >= 15 is 0 Å². The molecule has 2 aromatic rings. The van der Waals surface area contributed by atoms with Gasteiger partial charge in [-0.2, -0.15) is 0 Å². The minimum atomic E-state index is -0.334. The van der Waals surface area contributed by atoms with Crippen molar-refractivity contribution in [3.8, 4) is 0 Å². The summed E-state index contributed by atoms with van der Waals surface area (Å²) in [6, 6.07) is 3.47. The number of halogens is 1. The second-order valence-electron chi connectivity index (χ2n) is 5.33. The molecule has 2 nitrogen and oxygen atoms in total. The van der Waals surface area contributed by atoms with Gasteiger partial charge in [0.05, 0.1) is 0 Å². The first-order valence-electron chi connectivity index (χ1n) is 7.06. The predicted octanol–water partition coefficient (Wildman–Crippen LogP) is 4.54. The topological polar surface area (TPSA) is 30.0 Å². The molecule has 0 aliphatic carbocycles. The van der Waals surface area contributed by atoms with E-state index in [4.69, 9.17) is 0 Å². The van der Waals surface area contributed by atoms with E-state index in [0.717, 1.165) is 30.4 Å². The van der Waals surface area contributed by atoms with Crippen LogP contribution < -0.4 is 0 Å². The molecule has 1 heterocycles. The molecule has 1 aromatic carbocycles. The van der Waals surface area contributed by atoms with Crippen LogP contribution in [0.5, 0.6) is 0 Å². The molecule has 0 bridgehead atoms. The van der Waals surface area contributed by atoms with E-state index in [-0.39, 0.29) is 11.6 Å². The number of benzene rings is 1. The third-order valence-electron chi connectivity index (χ3n) is 3.76. The Balaban J connectivity index is 2.75.